The maximum atomic E-state index is 13.8. The predicted octanol–water partition coefficient (Wildman–Crippen LogP) is 1.76. The van der Waals surface area contributed by atoms with E-state index in [-0.39, 0.29) is 6.04 Å². The minimum atomic E-state index is -3.89. The number of nitrogens with zero attached hydrogens (tertiary/aromatic N) is 2. The van der Waals surface area contributed by atoms with Crippen LogP contribution in [0.5, 0.6) is 0 Å². The maximum absolute atomic E-state index is 13.8. The van der Waals surface area contributed by atoms with Crippen LogP contribution in [0.15, 0.2) is 23.4 Å². The summed E-state index contributed by atoms with van der Waals surface area (Å²) in [5, 5.41) is 2.85. The largest absolute Gasteiger partial charge is 0.313 e. The quantitative estimate of drug-likeness (QED) is 0.869. The SMILES string of the molecule is CCCN(CC1CCCCN1)S(=O)(=O)c1ncccc1F. The van der Waals surface area contributed by atoms with Crippen LogP contribution in [0.2, 0.25) is 0 Å². The van der Waals surface area contributed by atoms with Gasteiger partial charge in [0.2, 0.25) is 5.03 Å². The smallest absolute Gasteiger partial charge is 0.263 e. The lowest BCUT2D eigenvalue weighted by Crippen LogP contribution is -2.46. The summed E-state index contributed by atoms with van der Waals surface area (Å²) in [7, 11) is -3.89. The number of hydrogen-bond acceptors (Lipinski definition) is 4. The molecule has 5 nitrogen and oxygen atoms in total. The normalized spacial score (nSPS) is 19.9. The van der Waals surface area contributed by atoms with E-state index in [2.05, 4.69) is 10.3 Å². The summed E-state index contributed by atoms with van der Waals surface area (Å²) in [5.74, 6) is -0.796. The van der Waals surface area contributed by atoms with Crippen LogP contribution >= 0.6 is 0 Å². The summed E-state index contributed by atoms with van der Waals surface area (Å²) in [4.78, 5) is 3.72. The number of aromatic nitrogens is 1. The van der Waals surface area contributed by atoms with Gasteiger partial charge in [-0.3, -0.25) is 0 Å². The Labute approximate surface area is 125 Å². The number of halogens is 1. The van der Waals surface area contributed by atoms with Crippen LogP contribution in [0.3, 0.4) is 0 Å². The zero-order valence-electron chi connectivity index (χ0n) is 12.3. The van der Waals surface area contributed by atoms with Crippen LogP contribution in [-0.2, 0) is 10.0 Å². The van der Waals surface area contributed by atoms with Crippen molar-refractivity contribution in [1.82, 2.24) is 14.6 Å². The molecule has 1 unspecified atom stereocenters. The second-order valence-corrected chi connectivity index (χ2v) is 7.15. The number of pyridine rings is 1. The van der Waals surface area contributed by atoms with Crippen molar-refractivity contribution in [2.75, 3.05) is 19.6 Å². The molecule has 2 heterocycles. The van der Waals surface area contributed by atoms with Crippen molar-refractivity contribution in [3.63, 3.8) is 0 Å². The summed E-state index contributed by atoms with van der Waals surface area (Å²) in [6.45, 7) is 3.55. The Balaban J connectivity index is 2.21. The van der Waals surface area contributed by atoms with Gasteiger partial charge in [-0.05, 0) is 37.9 Å². The van der Waals surface area contributed by atoms with Gasteiger partial charge in [0.15, 0.2) is 5.82 Å². The minimum absolute atomic E-state index is 0.131. The molecule has 0 radical (unpaired) electrons. The molecule has 1 aromatic heterocycles. The number of piperidine rings is 1. The fraction of sp³-hybridized carbons (Fsp3) is 0.643. The average molecular weight is 315 g/mol. The zero-order valence-corrected chi connectivity index (χ0v) is 13.1. The molecule has 0 saturated carbocycles. The van der Waals surface area contributed by atoms with E-state index in [4.69, 9.17) is 0 Å². The van der Waals surface area contributed by atoms with Gasteiger partial charge in [0.25, 0.3) is 10.0 Å². The molecule has 1 aromatic rings. The van der Waals surface area contributed by atoms with Gasteiger partial charge >= 0.3 is 0 Å². The Bertz CT molecular complexity index is 559. The second-order valence-electron chi connectivity index (χ2n) is 5.30. The highest BCUT2D eigenvalue weighted by atomic mass is 32.2. The lowest BCUT2D eigenvalue weighted by Gasteiger charge is -2.29. The maximum Gasteiger partial charge on any atom is 0.263 e. The van der Waals surface area contributed by atoms with Crippen LogP contribution in [0, 0.1) is 5.82 Å². The molecular weight excluding hydrogens is 293 g/mol. The van der Waals surface area contributed by atoms with Crippen LogP contribution in [0.4, 0.5) is 4.39 Å². The van der Waals surface area contributed by atoms with Gasteiger partial charge in [-0.2, -0.15) is 4.31 Å². The first-order chi connectivity index (χ1) is 10.1. The highest BCUT2D eigenvalue weighted by Crippen LogP contribution is 2.19. The van der Waals surface area contributed by atoms with Gasteiger partial charge in [-0.25, -0.2) is 17.8 Å². The molecule has 1 saturated heterocycles. The predicted molar refractivity (Wildman–Crippen MR) is 78.9 cm³/mol. The van der Waals surface area contributed by atoms with Gasteiger partial charge in [-0.15, -0.1) is 0 Å². The van der Waals surface area contributed by atoms with Crippen molar-refractivity contribution in [2.45, 2.75) is 43.7 Å². The van der Waals surface area contributed by atoms with Crippen molar-refractivity contribution in [3.8, 4) is 0 Å². The third-order valence-electron chi connectivity index (χ3n) is 3.62. The van der Waals surface area contributed by atoms with Crippen molar-refractivity contribution in [1.29, 1.82) is 0 Å². The van der Waals surface area contributed by atoms with E-state index in [0.717, 1.165) is 31.9 Å². The number of hydrogen-bond donors (Lipinski definition) is 1. The van der Waals surface area contributed by atoms with Gasteiger partial charge < -0.3 is 5.32 Å². The minimum Gasteiger partial charge on any atom is -0.313 e. The van der Waals surface area contributed by atoms with E-state index in [1.807, 2.05) is 6.92 Å². The molecule has 0 bridgehead atoms. The van der Waals surface area contributed by atoms with Crippen molar-refractivity contribution in [3.05, 3.63) is 24.1 Å². The zero-order chi connectivity index (χ0) is 15.3. The molecule has 1 atom stereocenters. The Morgan fingerprint density at radius 1 is 1.48 bits per heavy atom. The molecule has 1 fully saturated rings. The van der Waals surface area contributed by atoms with E-state index in [1.165, 1.54) is 16.6 Å². The van der Waals surface area contributed by atoms with Crippen molar-refractivity contribution in [2.24, 2.45) is 0 Å². The van der Waals surface area contributed by atoms with E-state index in [1.54, 1.807) is 0 Å². The lowest BCUT2D eigenvalue weighted by molar-refractivity contribution is 0.311. The first-order valence-electron chi connectivity index (χ1n) is 7.39. The average Bonchev–Trinajstić information content (AvgIpc) is 2.48. The molecule has 1 aliphatic heterocycles. The van der Waals surface area contributed by atoms with Crippen LogP contribution < -0.4 is 5.32 Å². The van der Waals surface area contributed by atoms with Crippen molar-refractivity contribution >= 4 is 10.0 Å². The van der Waals surface area contributed by atoms with Gasteiger partial charge in [-0.1, -0.05) is 13.3 Å². The van der Waals surface area contributed by atoms with E-state index in [9.17, 15) is 12.8 Å². The summed E-state index contributed by atoms with van der Waals surface area (Å²) in [5.41, 5.74) is 0. The fourth-order valence-corrected chi connectivity index (χ4v) is 4.12. The molecule has 21 heavy (non-hydrogen) atoms. The Hall–Kier alpha value is -1.05. The number of sulfonamides is 1. The summed E-state index contributed by atoms with van der Waals surface area (Å²) >= 11 is 0. The van der Waals surface area contributed by atoms with Crippen LogP contribution in [-0.4, -0.2) is 43.4 Å². The van der Waals surface area contributed by atoms with E-state index < -0.39 is 20.9 Å². The van der Waals surface area contributed by atoms with E-state index in [0.29, 0.717) is 19.5 Å². The molecule has 0 aromatic carbocycles. The highest BCUT2D eigenvalue weighted by molar-refractivity contribution is 7.89. The molecule has 118 valence electrons. The standard InChI is InChI=1S/C14H22FN3O2S/c1-2-10-18(11-12-6-3-4-8-16-12)21(19,20)14-13(15)7-5-9-17-14/h5,7,9,12,16H,2-4,6,8,10-11H2,1H3. The summed E-state index contributed by atoms with van der Waals surface area (Å²) in [6, 6.07) is 2.65. The topological polar surface area (TPSA) is 62.3 Å². The molecule has 2 rings (SSSR count). The molecule has 1 N–H and O–H groups in total. The lowest BCUT2D eigenvalue weighted by atomic mass is 10.1. The molecule has 0 aliphatic carbocycles. The van der Waals surface area contributed by atoms with Gasteiger partial charge in [0.05, 0.1) is 0 Å². The van der Waals surface area contributed by atoms with Gasteiger partial charge in [0, 0.05) is 25.3 Å². The third-order valence-corrected chi connectivity index (χ3v) is 5.42. The third kappa shape index (κ3) is 3.99. The number of rotatable bonds is 6. The monoisotopic (exact) mass is 315 g/mol. The summed E-state index contributed by atoms with van der Waals surface area (Å²) < 4.78 is 40.4. The molecule has 0 spiro atoms. The van der Waals surface area contributed by atoms with Crippen LogP contribution in [0.25, 0.3) is 0 Å². The highest BCUT2D eigenvalue weighted by Gasteiger charge is 2.30. The number of nitrogens with one attached hydrogen (secondary N) is 1. The Morgan fingerprint density at radius 2 is 2.29 bits per heavy atom. The molecule has 7 heteroatoms. The second kappa shape index (κ2) is 7.29. The van der Waals surface area contributed by atoms with E-state index >= 15 is 0 Å². The summed E-state index contributed by atoms with van der Waals surface area (Å²) in [6.07, 6.45) is 5.14. The fourth-order valence-electron chi connectivity index (χ4n) is 2.57. The molecule has 1 aliphatic rings. The first-order valence-corrected chi connectivity index (χ1v) is 8.83. The van der Waals surface area contributed by atoms with Gasteiger partial charge in [0.1, 0.15) is 0 Å². The first kappa shape index (κ1) is 16.3. The van der Waals surface area contributed by atoms with Crippen LogP contribution in [0.1, 0.15) is 32.6 Å². The van der Waals surface area contributed by atoms with Crippen molar-refractivity contribution < 1.29 is 12.8 Å². The molecule has 0 amide bonds. The Kier molecular flexibility index (Phi) is 5.66. The Morgan fingerprint density at radius 3 is 2.90 bits per heavy atom. The molecular formula is C14H22FN3O2S.